The van der Waals surface area contributed by atoms with E-state index in [0.717, 1.165) is 0 Å². The Morgan fingerprint density at radius 3 is 2.72 bits per heavy atom. The average Bonchev–Trinajstić information content (AvgIpc) is 2.34. The first-order valence-electron chi connectivity index (χ1n) is 5.55. The zero-order chi connectivity index (χ0) is 13.6. The normalized spacial score (nSPS) is 11.9. The molecule has 100 valence electrons. The highest BCUT2D eigenvalue weighted by Crippen LogP contribution is 2.23. The van der Waals surface area contributed by atoms with Crippen LogP contribution in [0.25, 0.3) is 0 Å². The van der Waals surface area contributed by atoms with Crippen molar-refractivity contribution < 1.29 is 13.2 Å². The first kappa shape index (κ1) is 14.5. The molecule has 0 aromatic heterocycles. The van der Waals surface area contributed by atoms with Crippen LogP contribution in [0.1, 0.15) is 13.3 Å². The summed E-state index contributed by atoms with van der Waals surface area (Å²) in [6.45, 7) is 2.23. The fourth-order valence-electron chi connectivity index (χ4n) is 1.42. The third kappa shape index (κ3) is 3.75. The largest absolute Gasteiger partial charge is 0.497 e. The second-order valence-corrected chi connectivity index (χ2v) is 5.39. The number of nitrogens with two attached hydrogens (primary N) is 1. The van der Waals surface area contributed by atoms with Gasteiger partial charge in [0, 0.05) is 12.6 Å². The maximum Gasteiger partial charge on any atom is 0.242 e. The summed E-state index contributed by atoms with van der Waals surface area (Å²) in [6.07, 6.45) is 4.40. The Morgan fingerprint density at radius 2 is 2.17 bits per heavy atom. The first-order chi connectivity index (χ1) is 8.51. The highest BCUT2D eigenvalue weighted by Gasteiger charge is 2.16. The number of hydrogen-bond donors (Lipinski definition) is 2. The third-order valence-electron chi connectivity index (χ3n) is 2.35. The van der Waals surface area contributed by atoms with E-state index < -0.39 is 10.0 Å². The molecule has 0 unspecified atom stereocenters. The van der Waals surface area contributed by atoms with Crippen LogP contribution >= 0.6 is 0 Å². The molecular weight excluding hydrogens is 252 g/mol. The molecule has 0 atom stereocenters. The van der Waals surface area contributed by atoms with E-state index in [-0.39, 0.29) is 10.6 Å². The molecule has 3 N–H and O–H groups in total. The van der Waals surface area contributed by atoms with Crippen molar-refractivity contribution in [1.82, 2.24) is 4.72 Å². The van der Waals surface area contributed by atoms with Gasteiger partial charge in [-0.3, -0.25) is 0 Å². The smallest absolute Gasteiger partial charge is 0.242 e. The van der Waals surface area contributed by atoms with Crippen LogP contribution in [0.4, 0.5) is 5.69 Å². The number of hydrogen-bond acceptors (Lipinski definition) is 4. The summed E-state index contributed by atoms with van der Waals surface area (Å²) >= 11 is 0. The lowest BCUT2D eigenvalue weighted by Crippen LogP contribution is -2.25. The average molecular weight is 270 g/mol. The van der Waals surface area contributed by atoms with E-state index in [4.69, 9.17) is 10.5 Å². The molecule has 0 aliphatic rings. The second-order valence-electron chi connectivity index (χ2n) is 3.66. The summed E-state index contributed by atoms with van der Waals surface area (Å²) in [7, 11) is -2.06. The summed E-state index contributed by atoms with van der Waals surface area (Å²) in [5.74, 6) is 0.528. The minimum Gasteiger partial charge on any atom is -0.497 e. The van der Waals surface area contributed by atoms with Crippen LogP contribution in [0.2, 0.25) is 0 Å². The Hall–Kier alpha value is -1.53. The monoisotopic (exact) mass is 270 g/mol. The Kier molecular flexibility index (Phi) is 5.18. The molecule has 0 spiro atoms. The predicted octanol–water partition coefficient (Wildman–Crippen LogP) is 1.52. The van der Waals surface area contributed by atoms with Gasteiger partial charge in [-0.2, -0.15) is 0 Å². The van der Waals surface area contributed by atoms with Gasteiger partial charge in [-0.15, -0.1) is 0 Å². The quantitative estimate of drug-likeness (QED) is 0.466. The number of nitrogens with one attached hydrogen (secondary N) is 1. The lowest BCUT2D eigenvalue weighted by atomic mass is 10.3. The Bertz CT molecular complexity index is 524. The Labute approximate surface area is 108 Å². The standard InChI is InChI=1S/C12H18N2O3S/c1-3-4-5-8-14-18(15,16)12-7-6-10(17-2)9-11(12)13/h3-4,6-7,9,14H,5,8,13H2,1-2H3/b4-3+. The number of methoxy groups -OCH3 is 1. The molecule has 0 amide bonds. The molecule has 1 rings (SSSR count). The lowest BCUT2D eigenvalue weighted by molar-refractivity contribution is 0.414. The van der Waals surface area contributed by atoms with Crippen LogP contribution in [0.15, 0.2) is 35.2 Å². The molecule has 18 heavy (non-hydrogen) atoms. The van der Waals surface area contributed by atoms with Crippen molar-refractivity contribution in [2.45, 2.75) is 18.2 Å². The van der Waals surface area contributed by atoms with Gasteiger partial charge < -0.3 is 10.5 Å². The lowest BCUT2D eigenvalue weighted by Gasteiger charge is -2.09. The molecule has 0 fully saturated rings. The van der Waals surface area contributed by atoms with Gasteiger partial charge in [0.25, 0.3) is 0 Å². The SMILES string of the molecule is C/C=C/CCNS(=O)(=O)c1ccc(OC)cc1N. The summed E-state index contributed by atoms with van der Waals surface area (Å²) in [4.78, 5) is 0.0729. The Morgan fingerprint density at radius 1 is 1.44 bits per heavy atom. The maximum atomic E-state index is 12.0. The van der Waals surface area contributed by atoms with E-state index in [1.54, 1.807) is 6.07 Å². The second kappa shape index (κ2) is 6.42. The third-order valence-corrected chi connectivity index (χ3v) is 3.88. The summed E-state index contributed by atoms with van der Waals surface area (Å²) < 4.78 is 31.4. The molecule has 0 bridgehead atoms. The van der Waals surface area contributed by atoms with Crippen molar-refractivity contribution in [1.29, 1.82) is 0 Å². The van der Waals surface area contributed by atoms with Crippen LogP contribution < -0.4 is 15.2 Å². The molecule has 0 saturated heterocycles. The van der Waals surface area contributed by atoms with Crippen molar-refractivity contribution in [3.63, 3.8) is 0 Å². The van der Waals surface area contributed by atoms with Gasteiger partial charge in [0.1, 0.15) is 10.6 Å². The van der Waals surface area contributed by atoms with Gasteiger partial charge >= 0.3 is 0 Å². The van der Waals surface area contributed by atoms with Crippen LogP contribution in [-0.4, -0.2) is 22.1 Å². The van der Waals surface area contributed by atoms with E-state index in [2.05, 4.69) is 4.72 Å². The topological polar surface area (TPSA) is 81.4 Å². The molecule has 5 nitrogen and oxygen atoms in total. The zero-order valence-electron chi connectivity index (χ0n) is 10.5. The molecule has 1 aromatic rings. The van der Waals surface area contributed by atoms with Crippen molar-refractivity contribution in [3.05, 3.63) is 30.4 Å². The van der Waals surface area contributed by atoms with Gasteiger partial charge in [0.2, 0.25) is 10.0 Å². The van der Waals surface area contributed by atoms with Gasteiger partial charge in [-0.25, -0.2) is 13.1 Å². The molecule has 0 aliphatic heterocycles. The minimum absolute atomic E-state index is 0.0729. The molecule has 1 aromatic carbocycles. The van der Waals surface area contributed by atoms with E-state index in [1.165, 1.54) is 19.2 Å². The van der Waals surface area contributed by atoms with Crippen molar-refractivity contribution in [2.75, 3.05) is 19.4 Å². The fraction of sp³-hybridized carbons (Fsp3) is 0.333. The highest BCUT2D eigenvalue weighted by atomic mass is 32.2. The Balaban J connectivity index is 2.85. The number of anilines is 1. The minimum atomic E-state index is -3.56. The fourth-order valence-corrected chi connectivity index (χ4v) is 2.58. The van der Waals surface area contributed by atoms with Crippen LogP contribution in [-0.2, 0) is 10.0 Å². The number of ether oxygens (including phenoxy) is 1. The van der Waals surface area contributed by atoms with Crippen molar-refractivity contribution >= 4 is 15.7 Å². The number of benzene rings is 1. The molecule has 0 heterocycles. The van der Waals surface area contributed by atoms with Gasteiger partial charge in [0.15, 0.2) is 0 Å². The van der Waals surface area contributed by atoms with Crippen molar-refractivity contribution in [2.24, 2.45) is 0 Å². The van der Waals surface area contributed by atoms with E-state index in [9.17, 15) is 8.42 Å². The van der Waals surface area contributed by atoms with E-state index in [0.29, 0.717) is 18.7 Å². The summed E-state index contributed by atoms with van der Waals surface area (Å²) in [5, 5.41) is 0. The summed E-state index contributed by atoms with van der Waals surface area (Å²) in [5.41, 5.74) is 5.87. The maximum absolute atomic E-state index is 12.0. The molecule has 0 aliphatic carbocycles. The molecular formula is C12H18N2O3S. The van der Waals surface area contributed by atoms with Crippen molar-refractivity contribution in [3.8, 4) is 5.75 Å². The van der Waals surface area contributed by atoms with E-state index in [1.807, 2.05) is 19.1 Å². The first-order valence-corrected chi connectivity index (χ1v) is 7.04. The number of rotatable bonds is 6. The van der Waals surface area contributed by atoms with Crippen LogP contribution in [0.3, 0.4) is 0 Å². The van der Waals surface area contributed by atoms with Gasteiger partial charge in [-0.05, 0) is 25.5 Å². The molecule has 0 saturated carbocycles. The predicted molar refractivity (Wildman–Crippen MR) is 72.0 cm³/mol. The van der Waals surface area contributed by atoms with Crippen LogP contribution in [0.5, 0.6) is 5.75 Å². The number of nitrogen functional groups attached to an aromatic ring is 1. The molecule has 0 radical (unpaired) electrons. The number of sulfonamides is 1. The zero-order valence-corrected chi connectivity index (χ0v) is 11.3. The van der Waals surface area contributed by atoms with E-state index >= 15 is 0 Å². The number of allylic oxidation sites excluding steroid dienone is 1. The van der Waals surface area contributed by atoms with Gasteiger partial charge in [-0.1, -0.05) is 12.2 Å². The summed E-state index contributed by atoms with van der Waals surface area (Å²) in [6, 6.07) is 4.49. The molecule has 6 heteroatoms. The van der Waals surface area contributed by atoms with Gasteiger partial charge in [0.05, 0.1) is 12.8 Å². The highest BCUT2D eigenvalue weighted by molar-refractivity contribution is 7.89. The van der Waals surface area contributed by atoms with Crippen LogP contribution in [0, 0.1) is 0 Å².